The molecule has 1 amide bonds. The van der Waals surface area contributed by atoms with E-state index < -0.39 is 57.6 Å². The van der Waals surface area contributed by atoms with Crippen LogP contribution in [0.4, 0.5) is 0 Å². The Hall–Kier alpha value is -3.34. The molecular weight excluding hydrogens is 733 g/mol. The smallest absolute Gasteiger partial charge is 0.472 e. The van der Waals surface area contributed by atoms with E-state index in [4.69, 9.17) is 13.8 Å². The second kappa shape index (κ2) is 38.5. The van der Waals surface area contributed by atoms with Crippen LogP contribution in [0.2, 0.25) is 0 Å². The predicted molar refractivity (Wildman–Crippen MR) is 226 cm³/mol. The van der Waals surface area contributed by atoms with Gasteiger partial charge in [0, 0.05) is 12.8 Å². The SMILES string of the molecule is CC/C=C\C/C=C\C/C=C\C/C=C\C/C=C\C/C=C\CCC(=O)NC(COP(=O)(O)OCC(O)COC(=O)CCCCCCC/C=C\CCCCCC)C(=O)O. The average Bonchev–Trinajstić information content (AvgIpc) is 3.17. The number of phosphoric acid groups is 1. The molecule has 56 heavy (non-hydrogen) atoms. The summed E-state index contributed by atoms with van der Waals surface area (Å²) in [5.41, 5.74) is 0. The number of carbonyl (C=O) groups is 3. The number of aliphatic carboxylic acids is 1. The lowest BCUT2D eigenvalue weighted by atomic mass is 10.1. The Morgan fingerprint density at radius 1 is 0.589 bits per heavy atom. The van der Waals surface area contributed by atoms with Gasteiger partial charge in [0.05, 0.1) is 13.2 Å². The van der Waals surface area contributed by atoms with Crippen LogP contribution >= 0.6 is 7.82 Å². The lowest BCUT2D eigenvalue weighted by Gasteiger charge is -2.18. The van der Waals surface area contributed by atoms with E-state index in [0.29, 0.717) is 19.3 Å². The number of phosphoric ester groups is 1. The van der Waals surface area contributed by atoms with Gasteiger partial charge >= 0.3 is 19.8 Å². The third-order valence-electron chi connectivity index (χ3n) is 8.18. The molecule has 11 nitrogen and oxygen atoms in total. The lowest BCUT2D eigenvalue weighted by molar-refractivity contribution is -0.147. The minimum absolute atomic E-state index is 0.0152. The van der Waals surface area contributed by atoms with Gasteiger partial charge in [0.15, 0.2) is 6.04 Å². The first kappa shape index (κ1) is 52.7. The van der Waals surface area contributed by atoms with Crippen LogP contribution in [-0.4, -0.2) is 64.9 Å². The molecule has 0 heterocycles. The molecule has 0 aromatic carbocycles. The van der Waals surface area contributed by atoms with Crippen LogP contribution in [0.3, 0.4) is 0 Å². The Balaban J connectivity index is 4.08. The summed E-state index contributed by atoms with van der Waals surface area (Å²) in [6.07, 6.45) is 46.3. The zero-order valence-electron chi connectivity index (χ0n) is 34.1. The van der Waals surface area contributed by atoms with E-state index in [1.54, 1.807) is 0 Å². The minimum Gasteiger partial charge on any atom is -0.480 e. The van der Waals surface area contributed by atoms with Crippen molar-refractivity contribution in [1.29, 1.82) is 0 Å². The van der Waals surface area contributed by atoms with Gasteiger partial charge in [-0.05, 0) is 77.0 Å². The number of carboxylic acids is 1. The molecule has 0 saturated carbocycles. The van der Waals surface area contributed by atoms with Gasteiger partial charge in [0.25, 0.3) is 0 Å². The van der Waals surface area contributed by atoms with E-state index in [9.17, 15) is 34.1 Å². The van der Waals surface area contributed by atoms with Gasteiger partial charge in [-0.15, -0.1) is 0 Å². The number of esters is 1. The van der Waals surface area contributed by atoms with Crippen LogP contribution in [-0.2, 0) is 32.7 Å². The largest absolute Gasteiger partial charge is 0.480 e. The van der Waals surface area contributed by atoms with Crippen LogP contribution in [0.5, 0.6) is 0 Å². The van der Waals surface area contributed by atoms with Crippen molar-refractivity contribution in [1.82, 2.24) is 5.32 Å². The van der Waals surface area contributed by atoms with Gasteiger partial charge in [-0.2, -0.15) is 0 Å². The molecule has 0 fully saturated rings. The van der Waals surface area contributed by atoms with E-state index in [-0.39, 0.29) is 12.8 Å². The second-order valence-electron chi connectivity index (χ2n) is 13.4. The van der Waals surface area contributed by atoms with Crippen LogP contribution < -0.4 is 5.32 Å². The van der Waals surface area contributed by atoms with Gasteiger partial charge in [0.2, 0.25) is 5.91 Å². The molecule has 4 N–H and O–H groups in total. The van der Waals surface area contributed by atoms with Gasteiger partial charge in [0.1, 0.15) is 12.7 Å². The van der Waals surface area contributed by atoms with Gasteiger partial charge in [-0.1, -0.05) is 137 Å². The molecule has 0 bridgehead atoms. The summed E-state index contributed by atoms with van der Waals surface area (Å²) in [6.45, 7) is 2.37. The number of carbonyl (C=O) groups excluding carboxylic acids is 2. The van der Waals surface area contributed by atoms with Crippen molar-refractivity contribution in [3.05, 3.63) is 85.1 Å². The molecule has 0 aromatic rings. The minimum atomic E-state index is -4.78. The number of unbranched alkanes of at least 4 members (excludes halogenated alkanes) is 9. The third kappa shape index (κ3) is 37.6. The highest BCUT2D eigenvalue weighted by Crippen LogP contribution is 2.43. The number of amides is 1. The summed E-state index contributed by atoms with van der Waals surface area (Å²) >= 11 is 0. The van der Waals surface area contributed by atoms with Crippen LogP contribution in [0.25, 0.3) is 0 Å². The van der Waals surface area contributed by atoms with Gasteiger partial charge in [-0.3, -0.25) is 18.6 Å². The van der Waals surface area contributed by atoms with Crippen molar-refractivity contribution in [2.75, 3.05) is 19.8 Å². The number of aliphatic hydroxyl groups is 1. The molecule has 0 rings (SSSR count). The van der Waals surface area contributed by atoms with E-state index in [0.717, 1.165) is 70.6 Å². The summed E-state index contributed by atoms with van der Waals surface area (Å²) in [5.74, 6) is -2.51. The number of ether oxygens (including phenoxy) is 1. The quantitative estimate of drug-likeness (QED) is 0.0205. The first-order valence-electron chi connectivity index (χ1n) is 20.6. The number of nitrogens with one attached hydrogen (secondary N) is 1. The molecule has 3 atom stereocenters. The number of carboxylic acid groups (broad SMARTS) is 1. The summed E-state index contributed by atoms with van der Waals surface area (Å²) in [5, 5.41) is 21.7. The normalized spacial score (nSPS) is 14.6. The molecule has 12 heteroatoms. The van der Waals surface area contributed by atoms with Gasteiger partial charge in [-0.25, -0.2) is 9.36 Å². The van der Waals surface area contributed by atoms with E-state index in [1.165, 1.54) is 25.7 Å². The summed E-state index contributed by atoms with van der Waals surface area (Å²) in [7, 11) is -4.78. The van der Waals surface area contributed by atoms with Crippen molar-refractivity contribution >= 4 is 25.7 Å². The highest BCUT2D eigenvalue weighted by atomic mass is 31.2. The molecule has 0 aliphatic heterocycles. The van der Waals surface area contributed by atoms with Crippen LogP contribution in [0.1, 0.15) is 142 Å². The second-order valence-corrected chi connectivity index (χ2v) is 14.9. The maximum Gasteiger partial charge on any atom is 0.472 e. The Morgan fingerprint density at radius 2 is 1.05 bits per heavy atom. The highest BCUT2D eigenvalue weighted by Gasteiger charge is 2.28. The van der Waals surface area contributed by atoms with Crippen LogP contribution in [0, 0.1) is 0 Å². The molecule has 0 spiro atoms. The fourth-order valence-corrected chi connectivity index (χ4v) is 5.75. The molecule has 318 valence electrons. The van der Waals surface area contributed by atoms with E-state index in [2.05, 4.69) is 86.0 Å². The van der Waals surface area contributed by atoms with E-state index >= 15 is 0 Å². The Kier molecular flexibility index (Phi) is 36.2. The summed E-state index contributed by atoms with van der Waals surface area (Å²) in [6, 6.07) is -1.59. The van der Waals surface area contributed by atoms with Crippen molar-refractivity contribution < 1.29 is 47.8 Å². The van der Waals surface area contributed by atoms with Crippen molar-refractivity contribution in [3.8, 4) is 0 Å². The summed E-state index contributed by atoms with van der Waals surface area (Å²) in [4.78, 5) is 45.8. The first-order chi connectivity index (χ1) is 27.1. The lowest BCUT2D eigenvalue weighted by Crippen LogP contribution is -2.43. The fourth-order valence-electron chi connectivity index (χ4n) is 4.98. The highest BCUT2D eigenvalue weighted by molar-refractivity contribution is 7.47. The Bertz CT molecular complexity index is 1270. The average molecular weight is 806 g/mol. The van der Waals surface area contributed by atoms with Crippen molar-refractivity contribution in [3.63, 3.8) is 0 Å². The molecule has 0 aliphatic carbocycles. The number of hydrogen-bond acceptors (Lipinski definition) is 8. The predicted octanol–water partition coefficient (Wildman–Crippen LogP) is 10.3. The topological polar surface area (TPSA) is 169 Å². The Labute approximate surface area is 337 Å². The van der Waals surface area contributed by atoms with Crippen LogP contribution in [0.15, 0.2) is 85.1 Å². The zero-order chi connectivity index (χ0) is 41.4. The fraction of sp³-hybridized carbons (Fsp3) is 0.614. The summed E-state index contributed by atoms with van der Waals surface area (Å²) < 4.78 is 26.7. The maximum atomic E-state index is 12.3. The standard InChI is InChI=1S/C44H72NO10P/c1-3-5-7-9-11-13-15-17-18-19-20-21-22-24-25-27-29-31-33-35-42(47)45-41(44(49)50)39-55-56(51,52)54-38-40(46)37-53-43(48)36-34-32-30-28-26-23-16-14-12-10-8-6-4-2/h5,7,11,13-14,16-18,20-21,24-25,29,31,40-41,46H,3-4,6,8-10,12,15,19,22-23,26-28,30,32-39H2,1-2H3,(H,45,47)(H,49,50)(H,51,52)/b7-5-,13-11-,16-14-,18-17-,21-20-,25-24-,31-29-. The molecule has 0 aliphatic rings. The number of rotatable bonds is 37. The molecule has 3 unspecified atom stereocenters. The number of hydrogen-bond donors (Lipinski definition) is 4. The molecule has 0 radical (unpaired) electrons. The van der Waals surface area contributed by atoms with E-state index in [1.807, 2.05) is 18.2 Å². The first-order valence-corrected chi connectivity index (χ1v) is 22.1. The van der Waals surface area contributed by atoms with Crippen molar-refractivity contribution in [2.45, 2.75) is 154 Å². The number of allylic oxidation sites excluding steroid dienone is 14. The van der Waals surface area contributed by atoms with Crippen molar-refractivity contribution in [2.24, 2.45) is 0 Å². The maximum absolute atomic E-state index is 12.3. The number of aliphatic hydroxyl groups excluding tert-OH is 1. The third-order valence-corrected chi connectivity index (χ3v) is 9.13. The Morgan fingerprint density at radius 3 is 1.59 bits per heavy atom. The molecular formula is C44H72NO10P. The zero-order valence-corrected chi connectivity index (χ0v) is 35.0. The molecule has 0 saturated heterocycles. The monoisotopic (exact) mass is 805 g/mol. The molecule has 0 aromatic heterocycles. The van der Waals surface area contributed by atoms with Gasteiger partial charge < -0.3 is 25.2 Å².